The van der Waals surface area contributed by atoms with Crippen LogP contribution in [0.1, 0.15) is 30.9 Å². The fourth-order valence-corrected chi connectivity index (χ4v) is 2.79. The number of nitrogens with one attached hydrogen (secondary N) is 3. The van der Waals surface area contributed by atoms with Gasteiger partial charge in [0, 0.05) is 25.2 Å². The molecule has 2 heterocycles. The van der Waals surface area contributed by atoms with E-state index in [2.05, 4.69) is 20.9 Å². The lowest BCUT2D eigenvalue weighted by atomic mass is 9.96. The van der Waals surface area contributed by atoms with Crippen molar-refractivity contribution in [1.82, 2.24) is 20.9 Å². The van der Waals surface area contributed by atoms with Crippen LogP contribution in [0.4, 0.5) is 4.79 Å². The molecule has 0 aromatic carbocycles. The molecule has 27 heavy (non-hydrogen) atoms. The molecule has 152 valence electrons. The summed E-state index contributed by atoms with van der Waals surface area (Å²) in [7, 11) is 0. The Labute approximate surface area is 176 Å². The normalized spacial score (nSPS) is 16.6. The van der Waals surface area contributed by atoms with Crippen molar-refractivity contribution >= 4 is 41.9 Å². The minimum atomic E-state index is -1.17. The van der Waals surface area contributed by atoms with Crippen LogP contribution in [0.15, 0.2) is 15.5 Å². The Morgan fingerprint density at radius 3 is 2.63 bits per heavy atom. The first kappa shape index (κ1) is 23.2. The highest BCUT2D eigenvalue weighted by Gasteiger charge is 2.29. The highest BCUT2D eigenvalue weighted by Crippen LogP contribution is 2.27. The first-order valence-corrected chi connectivity index (χ1v) is 8.65. The van der Waals surface area contributed by atoms with Crippen LogP contribution >= 0.6 is 24.0 Å². The van der Waals surface area contributed by atoms with Gasteiger partial charge in [0.25, 0.3) is 0 Å². The third kappa shape index (κ3) is 6.09. The number of imide groups is 1. The van der Waals surface area contributed by atoms with Crippen LogP contribution in [0.3, 0.4) is 0 Å². The zero-order valence-electron chi connectivity index (χ0n) is 16.1. The quantitative estimate of drug-likeness (QED) is 0.194. The van der Waals surface area contributed by atoms with Gasteiger partial charge in [0.1, 0.15) is 17.1 Å². The van der Waals surface area contributed by atoms with Crippen LogP contribution in [-0.4, -0.2) is 60.6 Å². The molecule has 0 saturated carbocycles. The summed E-state index contributed by atoms with van der Waals surface area (Å²) in [4.78, 5) is 28.6. The molecule has 9 nitrogen and oxygen atoms in total. The van der Waals surface area contributed by atoms with E-state index in [1.165, 1.54) is 0 Å². The highest BCUT2D eigenvalue weighted by molar-refractivity contribution is 14.0. The van der Waals surface area contributed by atoms with Crippen molar-refractivity contribution in [2.24, 2.45) is 4.99 Å². The number of nitrogens with zero attached hydrogens (tertiary/aromatic N) is 2. The predicted molar refractivity (Wildman–Crippen MR) is 112 cm³/mol. The lowest BCUT2D eigenvalue weighted by molar-refractivity contribution is -0.124. The van der Waals surface area contributed by atoms with E-state index in [-0.39, 0.29) is 55.5 Å². The second kappa shape index (κ2) is 9.93. The fourth-order valence-electron chi connectivity index (χ4n) is 2.79. The van der Waals surface area contributed by atoms with E-state index in [0.29, 0.717) is 30.4 Å². The largest absolute Gasteiger partial charge is 0.466 e. The summed E-state index contributed by atoms with van der Waals surface area (Å²) in [6.07, 6.45) is 0. The second-order valence-electron chi connectivity index (χ2n) is 6.43. The van der Waals surface area contributed by atoms with E-state index in [0.717, 1.165) is 10.7 Å². The van der Waals surface area contributed by atoms with Gasteiger partial charge in [-0.15, -0.1) is 24.0 Å². The number of carbonyl (C=O) groups is 2. The Bertz CT molecular complexity index is 685. The molecule has 1 aromatic rings. The lowest BCUT2D eigenvalue weighted by Crippen LogP contribution is -2.43. The van der Waals surface area contributed by atoms with Crippen molar-refractivity contribution in [3.8, 4) is 0 Å². The van der Waals surface area contributed by atoms with Gasteiger partial charge in [-0.25, -0.2) is 9.79 Å². The van der Waals surface area contributed by atoms with Crippen LogP contribution in [0.25, 0.3) is 0 Å². The van der Waals surface area contributed by atoms with Crippen molar-refractivity contribution < 1.29 is 19.1 Å². The standard InChI is InChI=1S/C17H27N5O4.HI/c1-5-18-15(19-6-7-22-14(23)9-20-16(22)24)21-10-17(4,25)13-8-11(2)26-12(13)3;/h8,25H,5-7,9-10H2,1-4H3,(H,20,24)(H2,18,19,21);1H. The maximum Gasteiger partial charge on any atom is 0.324 e. The SMILES string of the molecule is CCNC(=NCC(C)(O)c1cc(C)oc1C)NCCN1C(=O)CNC1=O.I. The molecule has 0 radical (unpaired) electrons. The van der Waals surface area contributed by atoms with E-state index in [1.807, 2.05) is 26.8 Å². The summed E-state index contributed by atoms with van der Waals surface area (Å²) in [5.41, 5.74) is -0.469. The molecule has 1 unspecified atom stereocenters. The molecule has 0 aliphatic carbocycles. The molecule has 3 amide bonds. The zero-order valence-corrected chi connectivity index (χ0v) is 18.4. The summed E-state index contributed by atoms with van der Waals surface area (Å²) in [5.74, 6) is 1.66. The summed E-state index contributed by atoms with van der Waals surface area (Å²) < 4.78 is 5.48. The highest BCUT2D eigenvalue weighted by atomic mass is 127. The zero-order chi connectivity index (χ0) is 19.3. The van der Waals surface area contributed by atoms with Gasteiger partial charge in [-0.2, -0.15) is 0 Å². The molecule has 1 atom stereocenters. The Morgan fingerprint density at radius 1 is 1.41 bits per heavy atom. The minimum absolute atomic E-state index is 0. The van der Waals surface area contributed by atoms with Gasteiger partial charge in [-0.1, -0.05) is 0 Å². The number of aliphatic imine (C=N–C) groups is 1. The number of halogens is 1. The molecule has 4 N–H and O–H groups in total. The number of furan rings is 1. The number of aryl methyl sites for hydroxylation is 2. The van der Waals surface area contributed by atoms with Gasteiger partial charge in [0.15, 0.2) is 5.96 Å². The Hall–Kier alpha value is -1.82. The number of guanidine groups is 1. The van der Waals surface area contributed by atoms with Crippen LogP contribution in [0, 0.1) is 13.8 Å². The Morgan fingerprint density at radius 2 is 2.11 bits per heavy atom. The summed E-state index contributed by atoms with van der Waals surface area (Å²) in [5, 5.41) is 19.3. The van der Waals surface area contributed by atoms with E-state index < -0.39 is 5.60 Å². The van der Waals surface area contributed by atoms with Gasteiger partial charge >= 0.3 is 6.03 Å². The van der Waals surface area contributed by atoms with Gasteiger partial charge < -0.3 is 25.5 Å². The molecule has 2 rings (SSSR count). The van der Waals surface area contributed by atoms with Crippen LogP contribution in [-0.2, 0) is 10.4 Å². The van der Waals surface area contributed by atoms with Crippen LogP contribution < -0.4 is 16.0 Å². The van der Waals surface area contributed by atoms with E-state index in [9.17, 15) is 14.7 Å². The molecule has 1 aliphatic rings. The van der Waals surface area contributed by atoms with Crippen LogP contribution in [0.5, 0.6) is 0 Å². The molecular weight excluding hydrogens is 465 g/mol. The van der Waals surface area contributed by atoms with Crippen molar-refractivity contribution in [2.75, 3.05) is 32.7 Å². The first-order chi connectivity index (χ1) is 12.2. The number of rotatable bonds is 7. The summed E-state index contributed by atoms with van der Waals surface area (Å²) in [6, 6.07) is 1.43. The first-order valence-electron chi connectivity index (χ1n) is 8.65. The average molecular weight is 493 g/mol. The lowest BCUT2D eigenvalue weighted by Gasteiger charge is -2.22. The Balaban J connectivity index is 0.00000364. The minimum Gasteiger partial charge on any atom is -0.466 e. The fraction of sp³-hybridized carbons (Fsp3) is 0.588. The van der Waals surface area contributed by atoms with E-state index in [1.54, 1.807) is 6.92 Å². The third-order valence-corrected chi connectivity index (χ3v) is 4.08. The summed E-state index contributed by atoms with van der Waals surface area (Å²) >= 11 is 0. The molecular formula is C17H28IN5O4. The second-order valence-corrected chi connectivity index (χ2v) is 6.43. The number of aliphatic hydroxyl groups is 1. The maximum absolute atomic E-state index is 11.6. The number of hydrogen-bond acceptors (Lipinski definition) is 5. The number of carbonyl (C=O) groups excluding carboxylic acids is 2. The van der Waals surface area contributed by atoms with E-state index >= 15 is 0 Å². The van der Waals surface area contributed by atoms with Crippen molar-refractivity contribution in [2.45, 2.75) is 33.3 Å². The average Bonchev–Trinajstić information content (AvgIpc) is 3.08. The van der Waals surface area contributed by atoms with Crippen molar-refractivity contribution in [3.05, 3.63) is 23.2 Å². The van der Waals surface area contributed by atoms with Gasteiger partial charge in [0.2, 0.25) is 5.91 Å². The van der Waals surface area contributed by atoms with Gasteiger partial charge in [0.05, 0.1) is 13.1 Å². The summed E-state index contributed by atoms with van der Waals surface area (Å²) in [6.45, 7) is 8.66. The van der Waals surface area contributed by atoms with Gasteiger partial charge in [-0.3, -0.25) is 9.69 Å². The smallest absolute Gasteiger partial charge is 0.324 e. The topological polar surface area (TPSA) is 119 Å². The molecule has 1 aromatic heterocycles. The van der Waals surface area contributed by atoms with Crippen molar-refractivity contribution in [1.29, 1.82) is 0 Å². The molecule has 1 fully saturated rings. The third-order valence-electron chi connectivity index (χ3n) is 4.08. The predicted octanol–water partition coefficient (Wildman–Crippen LogP) is 0.829. The molecule has 0 spiro atoms. The number of amides is 3. The number of urea groups is 1. The molecule has 1 saturated heterocycles. The monoisotopic (exact) mass is 493 g/mol. The van der Waals surface area contributed by atoms with Crippen LogP contribution in [0.2, 0.25) is 0 Å². The Kier molecular flexibility index (Phi) is 8.54. The molecule has 0 bridgehead atoms. The molecule has 10 heteroatoms. The van der Waals surface area contributed by atoms with Gasteiger partial charge in [-0.05, 0) is 33.8 Å². The van der Waals surface area contributed by atoms with E-state index in [4.69, 9.17) is 4.42 Å². The molecule has 1 aliphatic heterocycles. The van der Waals surface area contributed by atoms with Crippen molar-refractivity contribution in [3.63, 3.8) is 0 Å². The number of hydrogen-bond donors (Lipinski definition) is 4. The maximum atomic E-state index is 11.6.